The van der Waals surface area contributed by atoms with Gasteiger partial charge in [0.15, 0.2) is 11.5 Å². The maximum Gasteiger partial charge on any atom is 0.416 e. The normalized spacial score (nSPS) is 11.4. The average molecular weight is 568 g/mol. The minimum Gasteiger partial charge on any atom is -0.454 e. The zero-order valence-electron chi connectivity index (χ0n) is 21.3. The first kappa shape index (κ1) is 38.2. The number of rotatable bonds is 4. The molecule has 0 atom stereocenters. The summed E-state index contributed by atoms with van der Waals surface area (Å²) in [5.74, 6) is 2.44. The number of aryl methyl sites for hydroxylation is 1. The monoisotopic (exact) mass is 567 g/mol. The lowest BCUT2D eigenvalue weighted by Crippen LogP contribution is -2.04. The molecular formula is C32H45ClF3NO2. The zero-order chi connectivity index (χ0) is 26.7. The predicted octanol–water partition coefficient (Wildman–Crippen LogP) is 10.7. The molecule has 0 radical (unpaired) electrons. The second-order valence-electron chi connectivity index (χ2n) is 9.08. The highest BCUT2D eigenvalue weighted by Crippen LogP contribution is 2.33. The summed E-state index contributed by atoms with van der Waals surface area (Å²) in [4.78, 5) is 4.26. The predicted molar refractivity (Wildman–Crippen MR) is 162 cm³/mol. The zero-order valence-corrected chi connectivity index (χ0v) is 22.0. The summed E-state index contributed by atoms with van der Waals surface area (Å²) in [5.41, 5.74) is 2.45. The highest BCUT2D eigenvalue weighted by Gasteiger charge is 2.29. The number of aliphatic imine (C=N–C) groups is 1. The van der Waals surface area contributed by atoms with Crippen molar-refractivity contribution in [3.05, 3.63) is 94.0 Å². The third-order valence-electron chi connectivity index (χ3n) is 4.82. The number of alkyl halides is 3. The molecule has 1 aliphatic heterocycles. The summed E-state index contributed by atoms with van der Waals surface area (Å²) in [7, 11) is 0. The molecule has 0 fully saturated rings. The van der Waals surface area contributed by atoms with Gasteiger partial charge in [-0.25, -0.2) is 0 Å². The van der Waals surface area contributed by atoms with Crippen LogP contribution >= 0.6 is 11.6 Å². The first-order valence-electron chi connectivity index (χ1n) is 11.7. The van der Waals surface area contributed by atoms with E-state index in [0.29, 0.717) is 24.3 Å². The van der Waals surface area contributed by atoms with Crippen molar-refractivity contribution in [1.29, 1.82) is 0 Å². The first-order chi connectivity index (χ1) is 16.9. The molecule has 0 aliphatic carbocycles. The maximum atomic E-state index is 12.0. The highest BCUT2D eigenvalue weighted by atomic mass is 35.5. The van der Waals surface area contributed by atoms with Crippen LogP contribution in [0.15, 0.2) is 71.7 Å². The van der Waals surface area contributed by atoms with Crippen molar-refractivity contribution in [3.63, 3.8) is 0 Å². The first-order valence-corrected chi connectivity index (χ1v) is 12.1. The Morgan fingerprint density at radius 1 is 0.872 bits per heavy atom. The second kappa shape index (κ2) is 18.3. The van der Waals surface area contributed by atoms with Crippen molar-refractivity contribution in [2.45, 2.75) is 75.5 Å². The van der Waals surface area contributed by atoms with E-state index in [1.165, 1.54) is 11.6 Å². The third kappa shape index (κ3) is 14.7. The third-order valence-corrected chi connectivity index (χ3v) is 5.07. The van der Waals surface area contributed by atoms with Gasteiger partial charge >= 0.3 is 6.18 Å². The summed E-state index contributed by atoms with van der Waals surface area (Å²) in [6.45, 7) is 10.5. The van der Waals surface area contributed by atoms with E-state index in [4.69, 9.17) is 21.1 Å². The van der Waals surface area contributed by atoms with Crippen LogP contribution in [-0.2, 0) is 12.6 Å². The van der Waals surface area contributed by atoms with Gasteiger partial charge in [0.1, 0.15) is 0 Å². The van der Waals surface area contributed by atoms with Gasteiger partial charge in [-0.1, -0.05) is 89.7 Å². The smallest absolute Gasteiger partial charge is 0.416 e. The molecular weight excluding hydrogens is 523 g/mol. The Labute approximate surface area is 239 Å². The van der Waals surface area contributed by atoms with Crippen LogP contribution in [0.3, 0.4) is 0 Å². The molecule has 0 saturated carbocycles. The second-order valence-corrected chi connectivity index (χ2v) is 9.51. The van der Waals surface area contributed by atoms with E-state index < -0.39 is 11.7 Å². The van der Waals surface area contributed by atoms with Gasteiger partial charge in [-0.3, -0.25) is 4.99 Å². The Morgan fingerprint density at radius 2 is 1.49 bits per heavy atom. The molecule has 3 aromatic rings. The van der Waals surface area contributed by atoms with E-state index in [1.54, 1.807) is 13.0 Å². The van der Waals surface area contributed by atoms with Gasteiger partial charge in [0.05, 0.1) is 5.56 Å². The molecule has 39 heavy (non-hydrogen) atoms. The summed E-state index contributed by atoms with van der Waals surface area (Å²) < 4.78 is 46.4. The van der Waals surface area contributed by atoms with E-state index in [0.717, 1.165) is 40.6 Å². The lowest BCUT2D eigenvalue weighted by Gasteiger charge is -2.05. The molecule has 0 aromatic heterocycles. The number of ether oxygens (including phenoxy) is 2. The molecule has 0 bridgehead atoms. The van der Waals surface area contributed by atoms with Gasteiger partial charge in [-0.05, 0) is 74.6 Å². The van der Waals surface area contributed by atoms with Crippen molar-refractivity contribution in [1.82, 2.24) is 0 Å². The van der Waals surface area contributed by atoms with E-state index in [1.807, 2.05) is 50.4 Å². The summed E-state index contributed by atoms with van der Waals surface area (Å²) in [6, 6.07) is 19.4. The van der Waals surface area contributed by atoms with E-state index >= 15 is 0 Å². The summed E-state index contributed by atoms with van der Waals surface area (Å²) in [6.07, 6.45) is -1.26. The van der Waals surface area contributed by atoms with Crippen molar-refractivity contribution < 1.29 is 22.6 Å². The minimum absolute atomic E-state index is 0. The molecule has 3 nitrogen and oxygen atoms in total. The maximum absolute atomic E-state index is 12.0. The molecule has 4 rings (SSSR count). The van der Waals surface area contributed by atoms with Crippen molar-refractivity contribution >= 4 is 17.8 Å². The van der Waals surface area contributed by atoms with Crippen LogP contribution in [0.1, 0.15) is 72.2 Å². The lowest BCUT2D eigenvalue weighted by atomic mass is 10.0. The van der Waals surface area contributed by atoms with Crippen LogP contribution < -0.4 is 9.47 Å². The largest absolute Gasteiger partial charge is 0.454 e. The van der Waals surface area contributed by atoms with Crippen molar-refractivity contribution in [2.75, 3.05) is 6.79 Å². The number of hydrogen-bond donors (Lipinski definition) is 0. The van der Waals surface area contributed by atoms with Crippen LogP contribution in [0.4, 0.5) is 13.2 Å². The Morgan fingerprint density at radius 3 is 2.00 bits per heavy atom. The van der Waals surface area contributed by atoms with Gasteiger partial charge in [0, 0.05) is 17.3 Å². The van der Waals surface area contributed by atoms with Gasteiger partial charge in [-0.2, -0.15) is 13.2 Å². The Hall–Kier alpha value is -2.99. The van der Waals surface area contributed by atoms with Crippen molar-refractivity contribution in [3.8, 4) is 11.5 Å². The molecule has 0 unspecified atom stereocenters. The number of benzene rings is 3. The molecule has 0 amide bonds. The molecule has 3 aromatic carbocycles. The molecule has 1 heterocycles. The molecule has 0 spiro atoms. The minimum atomic E-state index is -4.22. The SMILES string of the molecule is C.C.C.CC(C)Cc1ccc2c(c1)OCO2.CC(C)N=Cc1ccc(Cl)cc1.Cc1cccc(C(F)(F)F)c1. The van der Waals surface area contributed by atoms with E-state index in [9.17, 15) is 13.2 Å². The van der Waals surface area contributed by atoms with Crippen LogP contribution in [0.2, 0.25) is 5.02 Å². The Kier molecular flexibility index (Phi) is 17.9. The van der Waals surface area contributed by atoms with Crippen LogP contribution in [0.25, 0.3) is 0 Å². The number of hydrogen-bond acceptors (Lipinski definition) is 3. The van der Waals surface area contributed by atoms with E-state index in [2.05, 4.69) is 31.0 Å². The van der Waals surface area contributed by atoms with Gasteiger partial charge in [0.25, 0.3) is 0 Å². The topological polar surface area (TPSA) is 30.8 Å². The van der Waals surface area contributed by atoms with Gasteiger partial charge in [0.2, 0.25) is 6.79 Å². The van der Waals surface area contributed by atoms with Gasteiger partial charge < -0.3 is 9.47 Å². The summed E-state index contributed by atoms with van der Waals surface area (Å²) >= 11 is 5.73. The molecule has 1 aliphatic rings. The fourth-order valence-electron chi connectivity index (χ4n) is 3.14. The van der Waals surface area contributed by atoms with Crippen LogP contribution in [0, 0.1) is 12.8 Å². The Balaban J connectivity index is 0. The quantitative estimate of drug-likeness (QED) is 0.293. The molecule has 0 N–H and O–H groups in total. The number of halogens is 4. The number of fused-ring (bicyclic) bond motifs is 1. The standard InChI is InChI=1S/C11H14O2.C10H12ClN.C8H7F3.3CH4/c1-8(2)5-9-3-4-10-11(6-9)13-7-12-10;1-8(2)12-7-9-3-5-10(11)6-4-9;1-6-3-2-4-7(5-6)8(9,10)11;;;/h3-4,6,8H,5,7H2,1-2H3;3-8H,1-2H3;2-5H,1H3;3*1H4. The molecule has 218 valence electrons. The van der Waals surface area contributed by atoms with Crippen LogP contribution in [-0.4, -0.2) is 19.0 Å². The van der Waals surface area contributed by atoms with Gasteiger partial charge in [-0.15, -0.1) is 0 Å². The highest BCUT2D eigenvalue weighted by molar-refractivity contribution is 6.30. The van der Waals surface area contributed by atoms with Crippen molar-refractivity contribution in [2.24, 2.45) is 10.9 Å². The summed E-state index contributed by atoms with van der Waals surface area (Å²) in [5, 5.41) is 0.761. The fourth-order valence-corrected chi connectivity index (χ4v) is 3.27. The molecule has 7 heteroatoms. The lowest BCUT2D eigenvalue weighted by molar-refractivity contribution is -0.137. The number of nitrogens with zero attached hydrogens (tertiary/aromatic N) is 1. The average Bonchev–Trinajstić information content (AvgIpc) is 3.26. The van der Waals surface area contributed by atoms with E-state index in [-0.39, 0.29) is 22.3 Å². The molecule has 0 saturated heterocycles. The van der Waals surface area contributed by atoms with Crippen LogP contribution in [0.5, 0.6) is 11.5 Å². The Bertz CT molecular complexity index is 1110. The fraction of sp³-hybridized carbons (Fsp3) is 0.406.